The van der Waals surface area contributed by atoms with Gasteiger partial charge in [0.2, 0.25) is 0 Å². The van der Waals surface area contributed by atoms with Gasteiger partial charge in [-0.2, -0.15) is 0 Å². The maximum atomic E-state index is 11.8. The van der Waals surface area contributed by atoms with Crippen LogP contribution in [-0.4, -0.2) is 38.0 Å². The smallest absolute Gasteiger partial charge is 0.324 e. The average molecular weight is 233 g/mol. The molecule has 17 heavy (non-hydrogen) atoms. The van der Waals surface area contributed by atoms with Crippen LogP contribution in [0.5, 0.6) is 0 Å². The maximum absolute atomic E-state index is 11.8. The minimum Gasteiger partial charge on any atom is -0.378 e. The standard InChI is InChI=1S/C12H15N3O2/c1-14(2)9-6-4-8(5-7-9)10-11(16)15(3)12(17)13-10/h4-7,10H,1-3H3,(H,13,17). The van der Waals surface area contributed by atoms with Gasteiger partial charge in [-0.3, -0.25) is 9.69 Å². The van der Waals surface area contributed by atoms with E-state index in [-0.39, 0.29) is 11.9 Å². The van der Waals surface area contributed by atoms with Crippen LogP contribution in [0.3, 0.4) is 0 Å². The number of carbonyl (C=O) groups is 2. The number of anilines is 1. The van der Waals surface area contributed by atoms with Gasteiger partial charge in [0, 0.05) is 26.8 Å². The van der Waals surface area contributed by atoms with Gasteiger partial charge in [-0.15, -0.1) is 0 Å². The molecule has 1 aromatic carbocycles. The minimum atomic E-state index is -0.552. The highest BCUT2D eigenvalue weighted by atomic mass is 16.2. The van der Waals surface area contributed by atoms with E-state index < -0.39 is 6.04 Å². The third-order valence-corrected chi connectivity index (χ3v) is 2.89. The Morgan fingerprint density at radius 3 is 2.18 bits per heavy atom. The number of benzene rings is 1. The molecule has 0 saturated carbocycles. The highest BCUT2D eigenvalue weighted by Gasteiger charge is 2.36. The van der Waals surface area contributed by atoms with E-state index in [9.17, 15) is 9.59 Å². The predicted molar refractivity (Wildman–Crippen MR) is 64.8 cm³/mol. The quantitative estimate of drug-likeness (QED) is 0.775. The first-order valence-corrected chi connectivity index (χ1v) is 5.36. The van der Waals surface area contributed by atoms with Crippen LogP contribution in [0, 0.1) is 0 Å². The largest absolute Gasteiger partial charge is 0.378 e. The van der Waals surface area contributed by atoms with Gasteiger partial charge in [0.1, 0.15) is 6.04 Å². The van der Waals surface area contributed by atoms with Gasteiger partial charge >= 0.3 is 6.03 Å². The van der Waals surface area contributed by atoms with E-state index in [1.54, 1.807) is 0 Å². The van der Waals surface area contributed by atoms with Crippen LogP contribution < -0.4 is 10.2 Å². The molecule has 3 amide bonds. The van der Waals surface area contributed by atoms with E-state index in [1.807, 2.05) is 43.3 Å². The summed E-state index contributed by atoms with van der Waals surface area (Å²) in [6.07, 6.45) is 0. The molecule has 0 bridgehead atoms. The lowest BCUT2D eigenvalue weighted by molar-refractivity contribution is -0.126. The van der Waals surface area contributed by atoms with Gasteiger partial charge in [-0.1, -0.05) is 12.1 Å². The van der Waals surface area contributed by atoms with Crippen molar-refractivity contribution in [3.63, 3.8) is 0 Å². The Bertz CT molecular complexity index is 453. The molecule has 1 atom stereocenters. The Morgan fingerprint density at radius 2 is 1.76 bits per heavy atom. The predicted octanol–water partition coefficient (Wildman–Crippen LogP) is 0.975. The Balaban J connectivity index is 2.24. The first-order chi connectivity index (χ1) is 8.00. The molecule has 90 valence electrons. The number of urea groups is 1. The fourth-order valence-corrected chi connectivity index (χ4v) is 1.77. The van der Waals surface area contributed by atoms with Crippen molar-refractivity contribution in [2.75, 3.05) is 26.0 Å². The molecule has 0 aromatic heterocycles. The van der Waals surface area contributed by atoms with Crippen molar-refractivity contribution in [3.8, 4) is 0 Å². The highest BCUT2D eigenvalue weighted by molar-refractivity contribution is 6.04. The van der Waals surface area contributed by atoms with E-state index in [2.05, 4.69) is 5.32 Å². The molecular weight excluding hydrogens is 218 g/mol. The summed E-state index contributed by atoms with van der Waals surface area (Å²) in [5, 5.41) is 2.64. The Kier molecular flexibility index (Phi) is 2.75. The zero-order chi connectivity index (χ0) is 12.6. The Hall–Kier alpha value is -2.04. The normalized spacial score (nSPS) is 19.5. The molecule has 1 saturated heterocycles. The lowest BCUT2D eigenvalue weighted by Crippen LogP contribution is -2.25. The van der Waals surface area contributed by atoms with Crippen molar-refractivity contribution in [2.45, 2.75) is 6.04 Å². The molecule has 2 rings (SSSR count). The van der Waals surface area contributed by atoms with Crippen molar-refractivity contribution in [2.24, 2.45) is 0 Å². The second kappa shape index (κ2) is 4.08. The van der Waals surface area contributed by atoms with Crippen molar-refractivity contribution in [3.05, 3.63) is 29.8 Å². The molecule has 1 aliphatic heterocycles. The summed E-state index contributed by atoms with van der Waals surface area (Å²) in [4.78, 5) is 26.2. The van der Waals surface area contributed by atoms with Crippen LogP contribution in [-0.2, 0) is 4.79 Å². The number of nitrogens with zero attached hydrogens (tertiary/aromatic N) is 2. The molecule has 0 aliphatic carbocycles. The second-order valence-corrected chi connectivity index (χ2v) is 4.27. The molecule has 5 heteroatoms. The molecule has 5 nitrogen and oxygen atoms in total. The number of amides is 3. The average Bonchev–Trinajstić information content (AvgIpc) is 2.57. The van der Waals surface area contributed by atoms with Crippen LogP contribution in [0.2, 0.25) is 0 Å². The number of likely N-dealkylation sites (N-methyl/N-ethyl adjacent to an activating group) is 1. The SMILES string of the molecule is CN1C(=O)NC(c2ccc(N(C)C)cc2)C1=O. The van der Waals surface area contributed by atoms with Crippen molar-refractivity contribution in [1.29, 1.82) is 0 Å². The van der Waals surface area contributed by atoms with Gasteiger partial charge in [0.05, 0.1) is 0 Å². The van der Waals surface area contributed by atoms with Crippen LogP contribution >= 0.6 is 0 Å². The van der Waals surface area contributed by atoms with Crippen LogP contribution in [0.4, 0.5) is 10.5 Å². The summed E-state index contributed by atoms with van der Waals surface area (Å²) in [6, 6.07) is 6.66. The first kappa shape index (κ1) is 11.4. The second-order valence-electron chi connectivity index (χ2n) is 4.27. The fraction of sp³-hybridized carbons (Fsp3) is 0.333. The fourth-order valence-electron chi connectivity index (χ4n) is 1.77. The summed E-state index contributed by atoms with van der Waals surface area (Å²) in [5.41, 5.74) is 1.86. The number of hydrogen-bond acceptors (Lipinski definition) is 3. The van der Waals surface area contributed by atoms with E-state index >= 15 is 0 Å². The van der Waals surface area contributed by atoms with Crippen LogP contribution in [0.15, 0.2) is 24.3 Å². The molecule has 0 spiro atoms. The molecule has 1 unspecified atom stereocenters. The molecule has 0 radical (unpaired) electrons. The van der Waals surface area contributed by atoms with Gasteiger partial charge < -0.3 is 10.2 Å². The van der Waals surface area contributed by atoms with E-state index in [0.29, 0.717) is 0 Å². The summed E-state index contributed by atoms with van der Waals surface area (Å²) < 4.78 is 0. The van der Waals surface area contributed by atoms with E-state index in [0.717, 1.165) is 16.2 Å². The van der Waals surface area contributed by atoms with Crippen LogP contribution in [0.25, 0.3) is 0 Å². The number of imide groups is 1. The third-order valence-electron chi connectivity index (χ3n) is 2.89. The Labute approximate surface area is 100 Å². The van der Waals surface area contributed by atoms with Gasteiger partial charge in [-0.25, -0.2) is 4.79 Å². The first-order valence-electron chi connectivity index (χ1n) is 5.36. The number of hydrogen-bond donors (Lipinski definition) is 1. The molecule has 1 aliphatic rings. The molecule has 1 N–H and O–H groups in total. The van der Waals surface area contributed by atoms with E-state index in [4.69, 9.17) is 0 Å². The molecule has 1 fully saturated rings. The summed E-state index contributed by atoms with van der Waals surface area (Å²) in [6.45, 7) is 0. The van der Waals surface area contributed by atoms with E-state index in [1.165, 1.54) is 7.05 Å². The van der Waals surface area contributed by atoms with Crippen molar-refractivity contribution < 1.29 is 9.59 Å². The highest BCUT2D eigenvalue weighted by Crippen LogP contribution is 2.22. The van der Waals surface area contributed by atoms with Gasteiger partial charge in [0.15, 0.2) is 0 Å². The number of nitrogens with one attached hydrogen (secondary N) is 1. The Morgan fingerprint density at radius 1 is 1.18 bits per heavy atom. The van der Waals surface area contributed by atoms with Gasteiger partial charge in [-0.05, 0) is 17.7 Å². The maximum Gasteiger partial charge on any atom is 0.324 e. The summed E-state index contributed by atoms with van der Waals surface area (Å²) >= 11 is 0. The minimum absolute atomic E-state index is 0.215. The van der Waals surface area contributed by atoms with Crippen LogP contribution in [0.1, 0.15) is 11.6 Å². The summed E-state index contributed by atoms with van der Waals surface area (Å²) in [7, 11) is 5.38. The third kappa shape index (κ3) is 1.95. The lowest BCUT2D eigenvalue weighted by atomic mass is 10.1. The zero-order valence-electron chi connectivity index (χ0n) is 10.1. The number of carbonyl (C=O) groups excluding carboxylic acids is 2. The van der Waals surface area contributed by atoms with Gasteiger partial charge in [0.25, 0.3) is 5.91 Å². The van der Waals surface area contributed by atoms with Crippen molar-refractivity contribution in [1.82, 2.24) is 10.2 Å². The monoisotopic (exact) mass is 233 g/mol. The topological polar surface area (TPSA) is 52.7 Å². The van der Waals surface area contributed by atoms with Crippen molar-refractivity contribution >= 4 is 17.6 Å². The zero-order valence-corrected chi connectivity index (χ0v) is 10.1. The summed E-state index contributed by atoms with van der Waals surface area (Å²) in [5.74, 6) is -0.215. The number of rotatable bonds is 2. The molecular formula is C12H15N3O2. The molecule has 1 aromatic rings. The molecule has 1 heterocycles. The lowest BCUT2D eigenvalue weighted by Gasteiger charge is -2.14.